The molecule has 0 aromatic rings. The molecule has 1 rings (SSSR count). The van der Waals surface area contributed by atoms with Crippen molar-refractivity contribution in [3.63, 3.8) is 0 Å². The van der Waals surface area contributed by atoms with E-state index in [4.69, 9.17) is 11.2 Å². The molecule has 0 saturated heterocycles. The maximum atomic E-state index is 5.65. The van der Waals surface area contributed by atoms with Gasteiger partial charge in [0.2, 0.25) is 0 Å². The highest BCUT2D eigenvalue weighted by Gasteiger charge is 2.43. The first-order valence-electron chi connectivity index (χ1n) is 5.51. The van der Waals surface area contributed by atoms with Crippen LogP contribution in [0.1, 0.15) is 39.0 Å². The standard InChI is InChI=1S/C12H21NO/c1-4-6-8-11(13-5-2)12(14-3)9-7-10-12/h1,11,13H,5-10H2,2-3H3. The normalized spacial score (nSPS) is 20.9. The van der Waals surface area contributed by atoms with Gasteiger partial charge in [-0.25, -0.2) is 0 Å². The van der Waals surface area contributed by atoms with E-state index in [1.807, 2.05) is 7.11 Å². The molecule has 1 N–H and O–H groups in total. The number of methoxy groups -OCH3 is 1. The number of nitrogens with one attached hydrogen (secondary N) is 1. The summed E-state index contributed by atoms with van der Waals surface area (Å²) in [6.07, 6.45) is 10.8. The fourth-order valence-corrected chi connectivity index (χ4v) is 2.25. The average molecular weight is 195 g/mol. The third kappa shape index (κ3) is 2.29. The lowest BCUT2D eigenvalue weighted by atomic mass is 9.73. The minimum atomic E-state index is 0.0763. The van der Waals surface area contributed by atoms with Gasteiger partial charge in [-0.1, -0.05) is 6.92 Å². The van der Waals surface area contributed by atoms with Crippen molar-refractivity contribution in [3.8, 4) is 12.3 Å². The highest BCUT2D eigenvalue weighted by molar-refractivity contribution is 5.01. The van der Waals surface area contributed by atoms with Gasteiger partial charge in [-0.15, -0.1) is 12.3 Å². The molecule has 0 aromatic heterocycles. The summed E-state index contributed by atoms with van der Waals surface area (Å²) in [7, 11) is 1.82. The number of likely N-dealkylation sites (N-methyl/N-ethyl adjacent to an activating group) is 1. The number of terminal acetylenes is 1. The van der Waals surface area contributed by atoms with Gasteiger partial charge in [0, 0.05) is 19.6 Å². The van der Waals surface area contributed by atoms with E-state index in [1.165, 1.54) is 19.3 Å². The quantitative estimate of drug-likeness (QED) is 0.654. The maximum absolute atomic E-state index is 5.65. The average Bonchev–Trinajstić information content (AvgIpc) is 2.13. The first-order chi connectivity index (χ1) is 6.79. The predicted molar refractivity (Wildman–Crippen MR) is 59.1 cm³/mol. The summed E-state index contributed by atoms with van der Waals surface area (Å²) >= 11 is 0. The third-order valence-corrected chi connectivity index (χ3v) is 3.27. The summed E-state index contributed by atoms with van der Waals surface area (Å²) in [6, 6.07) is 0.433. The molecular weight excluding hydrogens is 174 g/mol. The largest absolute Gasteiger partial charge is 0.377 e. The smallest absolute Gasteiger partial charge is 0.0831 e. The van der Waals surface area contributed by atoms with Gasteiger partial charge in [0.25, 0.3) is 0 Å². The Morgan fingerprint density at radius 1 is 1.57 bits per heavy atom. The van der Waals surface area contributed by atoms with Crippen molar-refractivity contribution in [2.24, 2.45) is 0 Å². The van der Waals surface area contributed by atoms with Crippen LogP contribution >= 0.6 is 0 Å². The molecule has 14 heavy (non-hydrogen) atoms. The van der Waals surface area contributed by atoms with Gasteiger partial charge in [-0.05, 0) is 32.2 Å². The highest BCUT2D eigenvalue weighted by Crippen LogP contribution is 2.39. The zero-order valence-corrected chi connectivity index (χ0v) is 9.31. The second-order valence-corrected chi connectivity index (χ2v) is 3.98. The second kappa shape index (κ2) is 5.38. The molecule has 0 amide bonds. The minimum Gasteiger partial charge on any atom is -0.377 e. The molecule has 1 atom stereocenters. The number of rotatable bonds is 6. The molecular formula is C12H21NO. The van der Waals surface area contributed by atoms with Crippen molar-refractivity contribution in [1.82, 2.24) is 5.32 Å². The number of ether oxygens (including phenoxy) is 1. The van der Waals surface area contributed by atoms with E-state index in [2.05, 4.69) is 18.2 Å². The van der Waals surface area contributed by atoms with Crippen molar-refractivity contribution in [2.75, 3.05) is 13.7 Å². The third-order valence-electron chi connectivity index (χ3n) is 3.27. The molecule has 0 bridgehead atoms. The number of hydrogen-bond acceptors (Lipinski definition) is 2. The van der Waals surface area contributed by atoms with E-state index in [0.29, 0.717) is 6.04 Å². The van der Waals surface area contributed by atoms with E-state index < -0.39 is 0 Å². The lowest BCUT2D eigenvalue weighted by Gasteiger charge is -2.46. The zero-order chi connectivity index (χ0) is 10.4. The van der Waals surface area contributed by atoms with Crippen molar-refractivity contribution in [1.29, 1.82) is 0 Å². The van der Waals surface area contributed by atoms with Crippen molar-refractivity contribution in [3.05, 3.63) is 0 Å². The molecule has 1 saturated carbocycles. The topological polar surface area (TPSA) is 21.3 Å². The monoisotopic (exact) mass is 195 g/mol. The molecule has 0 aliphatic heterocycles. The Kier molecular flexibility index (Phi) is 4.44. The van der Waals surface area contributed by atoms with Crippen LogP contribution in [0.3, 0.4) is 0 Å². The van der Waals surface area contributed by atoms with Gasteiger partial charge in [0.05, 0.1) is 5.60 Å². The SMILES string of the molecule is C#CCCC(NCC)C1(OC)CCC1. The van der Waals surface area contributed by atoms with Crippen LogP contribution in [0.2, 0.25) is 0 Å². The Morgan fingerprint density at radius 2 is 2.29 bits per heavy atom. The van der Waals surface area contributed by atoms with Gasteiger partial charge < -0.3 is 10.1 Å². The lowest BCUT2D eigenvalue weighted by Crippen LogP contribution is -2.56. The Hall–Kier alpha value is -0.520. The highest BCUT2D eigenvalue weighted by atomic mass is 16.5. The molecule has 0 heterocycles. The van der Waals surface area contributed by atoms with Crippen molar-refractivity contribution < 1.29 is 4.74 Å². The van der Waals surface area contributed by atoms with Gasteiger partial charge >= 0.3 is 0 Å². The van der Waals surface area contributed by atoms with E-state index in [0.717, 1.165) is 19.4 Å². The van der Waals surface area contributed by atoms with Gasteiger partial charge in [-0.2, -0.15) is 0 Å². The molecule has 2 heteroatoms. The van der Waals surface area contributed by atoms with Crippen LogP contribution in [-0.4, -0.2) is 25.3 Å². The van der Waals surface area contributed by atoms with E-state index in [1.54, 1.807) is 0 Å². The Bertz CT molecular complexity index is 197. The molecule has 1 unspecified atom stereocenters. The van der Waals surface area contributed by atoms with Crippen LogP contribution in [0.5, 0.6) is 0 Å². The van der Waals surface area contributed by atoms with Gasteiger partial charge in [-0.3, -0.25) is 0 Å². The van der Waals surface area contributed by atoms with Crippen LogP contribution in [-0.2, 0) is 4.74 Å². The summed E-state index contributed by atoms with van der Waals surface area (Å²) < 4.78 is 5.65. The molecule has 80 valence electrons. The zero-order valence-electron chi connectivity index (χ0n) is 9.31. The second-order valence-electron chi connectivity index (χ2n) is 3.98. The fourth-order valence-electron chi connectivity index (χ4n) is 2.25. The molecule has 1 aliphatic carbocycles. The van der Waals surface area contributed by atoms with E-state index in [9.17, 15) is 0 Å². The number of hydrogen-bond donors (Lipinski definition) is 1. The fraction of sp³-hybridized carbons (Fsp3) is 0.833. The van der Waals surface area contributed by atoms with Crippen LogP contribution in [0.4, 0.5) is 0 Å². The van der Waals surface area contributed by atoms with Crippen LogP contribution < -0.4 is 5.32 Å². The molecule has 0 spiro atoms. The Morgan fingerprint density at radius 3 is 2.64 bits per heavy atom. The molecule has 1 aliphatic rings. The first-order valence-corrected chi connectivity index (χ1v) is 5.51. The van der Waals surface area contributed by atoms with Gasteiger partial charge in [0.15, 0.2) is 0 Å². The summed E-state index contributed by atoms with van der Waals surface area (Å²) in [6.45, 7) is 3.12. The summed E-state index contributed by atoms with van der Waals surface area (Å²) in [4.78, 5) is 0. The predicted octanol–water partition coefficient (Wildman–Crippen LogP) is 1.95. The van der Waals surface area contributed by atoms with Gasteiger partial charge in [0.1, 0.15) is 0 Å². The first kappa shape index (κ1) is 11.6. The molecule has 0 radical (unpaired) electrons. The molecule has 2 nitrogen and oxygen atoms in total. The lowest BCUT2D eigenvalue weighted by molar-refractivity contribution is -0.0993. The summed E-state index contributed by atoms with van der Waals surface area (Å²) in [5.41, 5.74) is 0.0763. The van der Waals surface area contributed by atoms with Crippen LogP contribution in [0.25, 0.3) is 0 Å². The summed E-state index contributed by atoms with van der Waals surface area (Å²) in [5, 5.41) is 3.49. The van der Waals surface area contributed by atoms with Crippen LogP contribution in [0.15, 0.2) is 0 Å². The van der Waals surface area contributed by atoms with E-state index in [-0.39, 0.29) is 5.60 Å². The van der Waals surface area contributed by atoms with E-state index >= 15 is 0 Å². The Labute approximate surface area is 87.4 Å². The Balaban J connectivity index is 2.51. The molecule has 1 fully saturated rings. The molecule has 0 aromatic carbocycles. The maximum Gasteiger partial charge on any atom is 0.0831 e. The minimum absolute atomic E-state index is 0.0763. The van der Waals surface area contributed by atoms with Crippen molar-refractivity contribution in [2.45, 2.75) is 50.7 Å². The van der Waals surface area contributed by atoms with Crippen molar-refractivity contribution >= 4 is 0 Å². The summed E-state index contributed by atoms with van der Waals surface area (Å²) in [5.74, 6) is 2.71. The van der Waals surface area contributed by atoms with Crippen LogP contribution in [0, 0.1) is 12.3 Å².